The first-order chi connectivity index (χ1) is 10.1. The lowest BCUT2D eigenvalue weighted by Gasteiger charge is -2.16. The summed E-state index contributed by atoms with van der Waals surface area (Å²) < 4.78 is 4.38. The fraction of sp³-hybridized carbons (Fsp3) is 0.231. The minimum Gasteiger partial charge on any atom is -0.379 e. The molecule has 8 nitrogen and oxygen atoms in total. The lowest BCUT2D eigenvalue weighted by molar-refractivity contribution is -0.117. The van der Waals surface area contributed by atoms with Crippen LogP contribution in [0.25, 0.3) is 0 Å². The summed E-state index contributed by atoms with van der Waals surface area (Å²) >= 11 is 0. The molecule has 1 aromatic heterocycles. The number of rotatable bonds is 3. The summed E-state index contributed by atoms with van der Waals surface area (Å²) in [6, 6.07) is 7.03. The largest absolute Gasteiger partial charge is 0.379 e. The predicted octanol–water partition coefficient (Wildman–Crippen LogP) is 1.03. The van der Waals surface area contributed by atoms with Crippen LogP contribution < -0.4 is 16.0 Å². The van der Waals surface area contributed by atoms with Gasteiger partial charge in [-0.05, 0) is 34.9 Å². The lowest BCUT2D eigenvalue weighted by Crippen LogP contribution is -2.23. The van der Waals surface area contributed by atoms with Crippen LogP contribution in [0.4, 0.5) is 17.2 Å². The van der Waals surface area contributed by atoms with E-state index in [0.29, 0.717) is 18.7 Å². The number of benzene rings is 1. The number of hydrogen-bond donors (Lipinski definition) is 2. The SMILES string of the molecule is Nc1nonc1C(=O)Nc1cccc(N2CCCC2=O)c1. The summed E-state index contributed by atoms with van der Waals surface area (Å²) in [5, 5.41) is 9.43. The van der Waals surface area contributed by atoms with Crippen molar-refractivity contribution in [3.63, 3.8) is 0 Å². The number of nitrogens with zero attached hydrogens (tertiary/aromatic N) is 3. The number of nitrogens with one attached hydrogen (secondary N) is 1. The molecule has 108 valence electrons. The molecule has 3 rings (SSSR count). The Morgan fingerprint density at radius 2 is 2.24 bits per heavy atom. The highest BCUT2D eigenvalue weighted by atomic mass is 16.6. The molecule has 2 aromatic rings. The van der Waals surface area contributed by atoms with Crippen molar-refractivity contribution in [1.82, 2.24) is 10.3 Å². The molecule has 1 aliphatic rings. The van der Waals surface area contributed by atoms with E-state index < -0.39 is 5.91 Å². The predicted molar refractivity (Wildman–Crippen MR) is 74.7 cm³/mol. The molecule has 21 heavy (non-hydrogen) atoms. The molecule has 0 bridgehead atoms. The number of hydrogen-bond acceptors (Lipinski definition) is 6. The first-order valence-electron chi connectivity index (χ1n) is 6.45. The third kappa shape index (κ3) is 2.55. The molecule has 0 aliphatic carbocycles. The van der Waals surface area contributed by atoms with E-state index >= 15 is 0 Å². The fourth-order valence-corrected chi connectivity index (χ4v) is 2.22. The van der Waals surface area contributed by atoms with Crippen LogP contribution in [0.15, 0.2) is 28.9 Å². The molecular weight excluding hydrogens is 274 g/mol. The van der Waals surface area contributed by atoms with Crippen molar-refractivity contribution in [2.45, 2.75) is 12.8 Å². The summed E-state index contributed by atoms with van der Waals surface area (Å²) in [4.78, 5) is 25.4. The lowest BCUT2D eigenvalue weighted by atomic mass is 10.2. The quantitative estimate of drug-likeness (QED) is 0.871. The molecule has 2 amide bonds. The van der Waals surface area contributed by atoms with E-state index in [1.807, 2.05) is 6.07 Å². The minimum absolute atomic E-state index is 0.0709. The number of nitrogens with two attached hydrogens (primary N) is 1. The highest BCUT2D eigenvalue weighted by Gasteiger charge is 2.22. The van der Waals surface area contributed by atoms with Gasteiger partial charge >= 0.3 is 0 Å². The van der Waals surface area contributed by atoms with Crippen molar-refractivity contribution in [2.75, 3.05) is 22.5 Å². The highest BCUT2D eigenvalue weighted by molar-refractivity contribution is 6.06. The second-order valence-electron chi connectivity index (χ2n) is 4.65. The van der Waals surface area contributed by atoms with Crippen molar-refractivity contribution in [2.24, 2.45) is 0 Å². The van der Waals surface area contributed by atoms with E-state index in [1.54, 1.807) is 23.1 Å². The van der Waals surface area contributed by atoms with Gasteiger partial charge in [-0.3, -0.25) is 9.59 Å². The zero-order valence-electron chi connectivity index (χ0n) is 11.1. The molecule has 0 spiro atoms. The average molecular weight is 287 g/mol. The van der Waals surface area contributed by atoms with E-state index in [9.17, 15) is 9.59 Å². The van der Waals surface area contributed by atoms with Crippen LogP contribution in [-0.4, -0.2) is 28.7 Å². The Bertz CT molecular complexity index is 697. The highest BCUT2D eigenvalue weighted by Crippen LogP contribution is 2.24. The summed E-state index contributed by atoms with van der Waals surface area (Å²) in [6.45, 7) is 0.691. The topological polar surface area (TPSA) is 114 Å². The molecule has 1 aromatic carbocycles. The van der Waals surface area contributed by atoms with Crippen molar-refractivity contribution < 1.29 is 14.2 Å². The van der Waals surface area contributed by atoms with E-state index in [4.69, 9.17) is 5.73 Å². The second kappa shape index (κ2) is 5.23. The maximum atomic E-state index is 12.0. The first kappa shape index (κ1) is 13.1. The smallest absolute Gasteiger partial charge is 0.281 e. The number of carbonyl (C=O) groups excluding carboxylic acids is 2. The Labute approximate surface area is 119 Å². The van der Waals surface area contributed by atoms with E-state index in [2.05, 4.69) is 20.3 Å². The van der Waals surface area contributed by atoms with Crippen molar-refractivity contribution in [3.8, 4) is 0 Å². The van der Waals surface area contributed by atoms with Crippen LogP contribution in [0.1, 0.15) is 23.3 Å². The molecule has 0 saturated carbocycles. The van der Waals surface area contributed by atoms with Gasteiger partial charge in [0, 0.05) is 24.3 Å². The van der Waals surface area contributed by atoms with Crippen LogP contribution in [0.5, 0.6) is 0 Å². The second-order valence-corrected chi connectivity index (χ2v) is 4.65. The molecule has 3 N–H and O–H groups in total. The van der Waals surface area contributed by atoms with Gasteiger partial charge in [0.2, 0.25) is 17.4 Å². The monoisotopic (exact) mass is 287 g/mol. The van der Waals surface area contributed by atoms with E-state index in [1.165, 1.54) is 0 Å². The van der Waals surface area contributed by atoms with Crippen LogP contribution in [-0.2, 0) is 4.79 Å². The van der Waals surface area contributed by atoms with Gasteiger partial charge in [0.25, 0.3) is 5.91 Å². The van der Waals surface area contributed by atoms with Gasteiger partial charge in [-0.15, -0.1) is 0 Å². The van der Waals surface area contributed by atoms with Gasteiger partial charge in [-0.2, -0.15) is 0 Å². The third-order valence-electron chi connectivity index (χ3n) is 3.22. The Kier molecular flexibility index (Phi) is 3.27. The van der Waals surface area contributed by atoms with Crippen LogP contribution in [0.2, 0.25) is 0 Å². The molecule has 1 fully saturated rings. The van der Waals surface area contributed by atoms with Gasteiger partial charge in [-0.1, -0.05) is 6.07 Å². The molecular formula is C13H13N5O3. The molecule has 1 saturated heterocycles. The minimum atomic E-state index is -0.515. The fourth-order valence-electron chi connectivity index (χ4n) is 2.22. The number of anilines is 3. The van der Waals surface area contributed by atoms with Crippen LogP contribution >= 0.6 is 0 Å². The molecule has 0 atom stereocenters. The summed E-state index contributed by atoms with van der Waals surface area (Å²) in [7, 11) is 0. The summed E-state index contributed by atoms with van der Waals surface area (Å²) in [5.74, 6) is -0.500. The first-order valence-corrected chi connectivity index (χ1v) is 6.45. The molecule has 2 heterocycles. The Morgan fingerprint density at radius 3 is 2.90 bits per heavy atom. The van der Waals surface area contributed by atoms with Gasteiger partial charge in [-0.25, -0.2) is 4.63 Å². The third-order valence-corrected chi connectivity index (χ3v) is 3.22. The number of aromatic nitrogens is 2. The average Bonchev–Trinajstić information content (AvgIpc) is 3.07. The summed E-state index contributed by atoms with van der Waals surface area (Å²) in [6.07, 6.45) is 1.40. The van der Waals surface area contributed by atoms with E-state index in [-0.39, 0.29) is 17.4 Å². The maximum Gasteiger partial charge on any atom is 0.281 e. The molecule has 0 radical (unpaired) electrons. The van der Waals surface area contributed by atoms with Gasteiger partial charge in [0.05, 0.1) is 0 Å². The Balaban J connectivity index is 1.79. The molecule has 0 unspecified atom stereocenters. The standard InChI is InChI=1S/C13H13N5O3/c14-12-11(16-21-17-12)13(20)15-8-3-1-4-9(7-8)18-6-2-5-10(18)19/h1,3-4,7H,2,5-6H2,(H2,14,17)(H,15,20). The van der Waals surface area contributed by atoms with Crippen LogP contribution in [0, 0.1) is 0 Å². The zero-order chi connectivity index (χ0) is 14.8. The maximum absolute atomic E-state index is 12.0. The van der Waals surface area contributed by atoms with Gasteiger partial charge in [0.1, 0.15) is 0 Å². The molecule has 8 heteroatoms. The normalized spacial score (nSPS) is 14.5. The van der Waals surface area contributed by atoms with Gasteiger partial charge in [0.15, 0.2) is 0 Å². The number of amides is 2. The zero-order valence-corrected chi connectivity index (χ0v) is 11.1. The van der Waals surface area contributed by atoms with E-state index in [0.717, 1.165) is 12.1 Å². The summed E-state index contributed by atoms with van der Waals surface area (Å²) in [5.41, 5.74) is 6.68. The number of nitrogen functional groups attached to an aromatic ring is 1. The van der Waals surface area contributed by atoms with Crippen molar-refractivity contribution >= 4 is 29.0 Å². The molecule has 1 aliphatic heterocycles. The van der Waals surface area contributed by atoms with Crippen molar-refractivity contribution in [1.29, 1.82) is 0 Å². The van der Waals surface area contributed by atoms with Crippen molar-refractivity contribution in [3.05, 3.63) is 30.0 Å². The Hall–Kier alpha value is -2.90. The van der Waals surface area contributed by atoms with Gasteiger partial charge < -0.3 is 16.0 Å². The number of carbonyl (C=O) groups is 2. The van der Waals surface area contributed by atoms with Crippen LogP contribution in [0.3, 0.4) is 0 Å². The Morgan fingerprint density at radius 1 is 1.38 bits per heavy atom.